The minimum atomic E-state index is 0.855. The van der Waals surface area contributed by atoms with Crippen LogP contribution in [0.5, 0.6) is 0 Å². The van der Waals surface area contributed by atoms with E-state index in [1.54, 1.807) is 12.5 Å². The molecule has 4 aromatic rings. The van der Waals surface area contributed by atoms with Gasteiger partial charge in [-0.25, -0.2) is 14.5 Å². The minimum absolute atomic E-state index is 0.855. The van der Waals surface area contributed by atoms with Crippen molar-refractivity contribution in [2.75, 3.05) is 0 Å². The van der Waals surface area contributed by atoms with Crippen molar-refractivity contribution >= 4 is 16.6 Å². The Morgan fingerprint density at radius 3 is 3.22 bits per heavy atom. The number of fused-ring (bicyclic) bond motifs is 2. The lowest BCUT2D eigenvalue weighted by Crippen LogP contribution is -1.86. The third-order valence-corrected chi connectivity index (χ3v) is 3.07. The average molecular weight is 235 g/mol. The first-order valence-corrected chi connectivity index (χ1v) is 5.63. The predicted octanol–water partition coefficient (Wildman–Crippen LogP) is 2.27. The van der Waals surface area contributed by atoms with Gasteiger partial charge in [0.2, 0.25) is 0 Å². The van der Waals surface area contributed by atoms with Gasteiger partial charge in [0.1, 0.15) is 12.0 Å². The van der Waals surface area contributed by atoms with Gasteiger partial charge in [-0.15, -0.1) is 0 Å². The molecule has 18 heavy (non-hydrogen) atoms. The second-order valence-corrected chi connectivity index (χ2v) is 4.10. The fraction of sp³-hybridized carbons (Fsp3) is 0. The lowest BCUT2D eigenvalue weighted by molar-refractivity contribution is 0.962. The molecule has 5 heteroatoms. The van der Waals surface area contributed by atoms with Crippen LogP contribution in [0.4, 0.5) is 0 Å². The first-order chi connectivity index (χ1) is 8.92. The first-order valence-electron chi connectivity index (χ1n) is 5.63. The van der Waals surface area contributed by atoms with E-state index in [1.165, 1.54) is 0 Å². The Bertz CT molecular complexity index is 842. The van der Waals surface area contributed by atoms with Crippen LogP contribution in [0.1, 0.15) is 0 Å². The maximum Gasteiger partial charge on any atom is 0.141 e. The molecule has 0 unspecified atom stereocenters. The molecule has 86 valence electrons. The zero-order valence-electron chi connectivity index (χ0n) is 9.41. The maximum atomic E-state index is 4.20. The molecule has 0 saturated heterocycles. The summed E-state index contributed by atoms with van der Waals surface area (Å²) in [6.45, 7) is 0. The molecule has 0 amide bonds. The summed E-state index contributed by atoms with van der Waals surface area (Å²) < 4.78 is 1.84. The second kappa shape index (κ2) is 3.40. The van der Waals surface area contributed by atoms with E-state index < -0.39 is 0 Å². The topological polar surface area (TPSA) is 58.9 Å². The van der Waals surface area contributed by atoms with E-state index in [2.05, 4.69) is 26.1 Å². The van der Waals surface area contributed by atoms with Gasteiger partial charge in [-0.1, -0.05) is 0 Å². The van der Waals surface area contributed by atoms with Gasteiger partial charge < -0.3 is 4.98 Å². The molecule has 0 radical (unpaired) electrons. The second-order valence-electron chi connectivity index (χ2n) is 4.10. The van der Waals surface area contributed by atoms with Crippen molar-refractivity contribution in [1.29, 1.82) is 0 Å². The molecule has 0 saturated carbocycles. The number of aromatic nitrogens is 5. The third-order valence-electron chi connectivity index (χ3n) is 3.07. The highest BCUT2D eigenvalue weighted by Crippen LogP contribution is 2.27. The first kappa shape index (κ1) is 9.35. The largest absolute Gasteiger partial charge is 0.345 e. The lowest BCUT2D eigenvalue weighted by atomic mass is 10.1. The summed E-state index contributed by atoms with van der Waals surface area (Å²) in [5.41, 5.74) is 4.16. The van der Waals surface area contributed by atoms with Gasteiger partial charge in [-0.05, 0) is 23.8 Å². The quantitative estimate of drug-likeness (QED) is 0.550. The van der Waals surface area contributed by atoms with Crippen LogP contribution in [0.2, 0.25) is 0 Å². The van der Waals surface area contributed by atoms with E-state index in [0.717, 1.165) is 27.7 Å². The monoisotopic (exact) mass is 235 g/mol. The summed E-state index contributed by atoms with van der Waals surface area (Å²) in [5, 5.41) is 5.22. The molecule has 4 aromatic heterocycles. The normalized spacial score (nSPS) is 11.3. The van der Waals surface area contributed by atoms with E-state index in [9.17, 15) is 0 Å². The summed E-state index contributed by atoms with van der Waals surface area (Å²) in [6, 6.07) is 6.12. The molecule has 1 N–H and O–H groups in total. The number of rotatable bonds is 1. The van der Waals surface area contributed by atoms with Crippen molar-refractivity contribution in [3.63, 3.8) is 0 Å². The van der Waals surface area contributed by atoms with Crippen LogP contribution in [0.15, 0.2) is 49.3 Å². The van der Waals surface area contributed by atoms with Gasteiger partial charge in [0, 0.05) is 35.7 Å². The van der Waals surface area contributed by atoms with Crippen molar-refractivity contribution in [1.82, 2.24) is 24.6 Å². The van der Waals surface area contributed by atoms with Gasteiger partial charge in [0.15, 0.2) is 0 Å². The van der Waals surface area contributed by atoms with Gasteiger partial charge in [-0.2, -0.15) is 5.10 Å². The number of pyridine rings is 1. The molecule has 0 spiro atoms. The molecule has 0 aliphatic carbocycles. The molecule has 0 aromatic carbocycles. The molecular weight excluding hydrogens is 226 g/mol. The van der Waals surface area contributed by atoms with Crippen LogP contribution in [0, 0.1) is 0 Å². The Balaban J connectivity index is 2.00. The van der Waals surface area contributed by atoms with E-state index in [-0.39, 0.29) is 0 Å². The molecule has 4 rings (SSSR count). The Hall–Kier alpha value is -2.69. The van der Waals surface area contributed by atoms with Gasteiger partial charge in [-0.3, -0.25) is 0 Å². The van der Waals surface area contributed by atoms with E-state index >= 15 is 0 Å². The highest BCUT2D eigenvalue weighted by atomic mass is 15.2. The van der Waals surface area contributed by atoms with Crippen molar-refractivity contribution in [3.8, 4) is 11.1 Å². The fourth-order valence-corrected chi connectivity index (χ4v) is 2.19. The SMILES string of the molecule is c1ncc2c(-c3ccn4nccc4c3)c[nH]c2n1. The summed E-state index contributed by atoms with van der Waals surface area (Å²) in [7, 11) is 0. The number of H-pyrrole nitrogens is 1. The zero-order chi connectivity index (χ0) is 11.9. The Morgan fingerprint density at radius 1 is 1.22 bits per heavy atom. The number of hydrogen-bond acceptors (Lipinski definition) is 3. The molecular formula is C13H9N5. The van der Waals surface area contributed by atoms with Crippen molar-refractivity contribution in [2.24, 2.45) is 0 Å². The fourth-order valence-electron chi connectivity index (χ4n) is 2.19. The highest BCUT2D eigenvalue weighted by molar-refractivity contribution is 5.93. The maximum absolute atomic E-state index is 4.20. The lowest BCUT2D eigenvalue weighted by Gasteiger charge is -2.00. The molecule has 0 bridgehead atoms. The predicted molar refractivity (Wildman–Crippen MR) is 68.1 cm³/mol. The molecule has 0 aliphatic heterocycles. The number of nitrogens with one attached hydrogen (secondary N) is 1. The standard InChI is InChI=1S/C13H9N5/c1-3-17-18-4-2-9(5-10(1)18)11-7-15-13-12(11)6-14-8-16-13/h1-8H,(H,14,15,16). The smallest absolute Gasteiger partial charge is 0.141 e. The Morgan fingerprint density at radius 2 is 2.22 bits per heavy atom. The number of nitrogens with zero attached hydrogens (tertiary/aromatic N) is 4. The van der Waals surface area contributed by atoms with Crippen LogP contribution in [-0.2, 0) is 0 Å². The molecule has 0 aliphatic rings. The third kappa shape index (κ3) is 1.24. The zero-order valence-corrected chi connectivity index (χ0v) is 9.41. The van der Waals surface area contributed by atoms with E-state index in [0.29, 0.717) is 0 Å². The molecule has 0 atom stereocenters. The van der Waals surface area contributed by atoms with Crippen molar-refractivity contribution in [2.45, 2.75) is 0 Å². The highest BCUT2D eigenvalue weighted by Gasteiger charge is 2.07. The molecule has 5 nitrogen and oxygen atoms in total. The average Bonchev–Trinajstić information content (AvgIpc) is 3.04. The minimum Gasteiger partial charge on any atom is -0.345 e. The summed E-state index contributed by atoms with van der Waals surface area (Å²) in [5.74, 6) is 0. The van der Waals surface area contributed by atoms with Crippen LogP contribution in [-0.4, -0.2) is 24.6 Å². The van der Waals surface area contributed by atoms with Crippen LogP contribution >= 0.6 is 0 Å². The Labute approximate surface area is 102 Å². The van der Waals surface area contributed by atoms with Gasteiger partial charge >= 0.3 is 0 Å². The Kier molecular flexibility index (Phi) is 1.77. The molecule has 0 fully saturated rings. The van der Waals surface area contributed by atoms with Crippen LogP contribution in [0.25, 0.3) is 27.7 Å². The van der Waals surface area contributed by atoms with Crippen LogP contribution in [0.3, 0.4) is 0 Å². The summed E-state index contributed by atoms with van der Waals surface area (Å²) in [4.78, 5) is 11.4. The number of hydrogen-bond donors (Lipinski definition) is 1. The summed E-state index contributed by atoms with van der Waals surface area (Å²) in [6.07, 6.45) is 9.07. The summed E-state index contributed by atoms with van der Waals surface area (Å²) >= 11 is 0. The van der Waals surface area contributed by atoms with Crippen LogP contribution < -0.4 is 0 Å². The van der Waals surface area contributed by atoms with Crippen molar-refractivity contribution in [3.05, 3.63) is 49.3 Å². The van der Waals surface area contributed by atoms with E-state index in [1.807, 2.05) is 35.2 Å². The molecule has 4 heterocycles. The van der Waals surface area contributed by atoms with Crippen molar-refractivity contribution < 1.29 is 0 Å². The number of aromatic amines is 1. The van der Waals surface area contributed by atoms with Gasteiger partial charge in [0.05, 0.1) is 5.52 Å². The van der Waals surface area contributed by atoms with Gasteiger partial charge in [0.25, 0.3) is 0 Å². The van der Waals surface area contributed by atoms with E-state index in [4.69, 9.17) is 0 Å².